The van der Waals surface area contributed by atoms with E-state index >= 15 is 0 Å². The van der Waals surface area contributed by atoms with Gasteiger partial charge in [0.1, 0.15) is 0 Å². The van der Waals surface area contributed by atoms with Gasteiger partial charge in [0.15, 0.2) is 0 Å². The average molecular weight is 308 g/mol. The van der Waals surface area contributed by atoms with Crippen molar-refractivity contribution in [2.45, 2.75) is 6.92 Å². The summed E-state index contributed by atoms with van der Waals surface area (Å²) in [6, 6.07) is 10.0. The molecule has 13 heavy (non-hydrogen) atoms. The van der Waals surface area contributed by atoms with Crippen LogP contribution in [0.25, 0.3) is 6.08 Å². The third kappa shape index (κ3) is 11.7. The van der Waals surface area contributed by atoms with Crippen LogP contribution >= 0.6 is 34.0 Å². The fourth-order valence-electron chi connectivity index (χ4n) is 0.589. The molecule has 74 valence electrons. The lowest BCUT2D eigenvalue weighted by molar-refractivity contribution is 1.67. The number of halogens is 2. The molecule has 0 bridgehead atoms. The van der Waals surface area contributed by atoms with Gasteiger partial charge in [0.05, 0.1) is 0 Å². The lowest BCUT2D eigenvalue weighted by Crippen LogP contribution is -1.63. The Kier molecular flexibility index (Phi) is 20.1. The summed E-state index contributed by atoms with van der Waals surface area (Å²) in [4.78, 5) is 0. The van der Waals surface area contributed by atoms with E-state index in [1.807, 2.05) is 43.3 Å². The van der Waals surface area contributed by atoms with Gasteiger partial charge in [-0.15, -0.1) is 40.5 Å². The minimum atomic E-state index is 0. The summed E-state index contributed by atoms with van der Waals surface area (Å²) >= 11 is 0. The van der Waals surface area contributed by atoms with Crippen molar-refractivity contribution in [2.24, 2.45) is 0 Å². The maximum absolute atomic E-state index is 3.63. The fourth-order valence-corrected chi connectivity index (χ4v) is 0.589. The Bertz CT molecular complexity index is 205. The lowest BCUT2D eigenvalue weighted by Gasteiger charge is -1.85. The highest BCUT2D eigenvalue weighted by molar-refractivity contribution is 8.93. The molecule has 0 aliphatic carbocycles. The smallest absolute Gasteiger partial charge is 0.0263 e. The van der Waals surface area contributed by atoms with Gasteiger partial charge in [-0.25, -0.2) is 0 Å². The Hall–Kier alpha value is -0.340. The van der Waals surface area contributed by atoms with E-state index in [4.69, 9.17) is 0 Å². The minimum absolute atomic E-state index is 0. The van der Waals surface area contributed by atoms with Crippen molar-refractivity contribution >= 4 is 40.0 Å². The molecule has 2 heteroatoms. The molecule has 0 aliphatic rings. The van der Waals surface area contributed by atoms with E-state index in [0.29, 0.717) is 0 Å². The van der Waals surface area contributed by atoms with Gasteiger partial charge in [0.25, 0.3) is 0 Å². The molecule has 0 radical (unpaired) electrons. The SMILES string of the molecule is Br.Br.C=CC.C=Cc1ccccc1. The summed E-state index contributed by atoms with van der Waals surface area (Å²) in [5.41, 5.74) is 1.17. The first-order valence-electron chi connectivity index (χ1n) is 3.59. The predicted molar refractivity (Wildman–Crippen MR) is 73.0 cm³/mol. The molecule has 0 saturated carbocycles. The van der Waals surface area contributed by atoms with Gasteiger partial charge in [0.2, 0.25) is 0 Å². The van der Waals surface area contributed by atoms with Crippen LogP contribution in [-0.2, 0) is 0 Å². The summed E-state index contributed by atoms with van der Waals surface area (Å²) < 4.78 is 0. The Morgan fingerprint density at radius 1 is 1.00 bits per heavy atom. The number of hydrogen-bond donors (Lipinski definition) is 0. The molecule has 0 aromatic heterocycles. The molecular formula is C11H16Br2. The van der Waals surface area contributed by atoms with Crippen molar-refractivity contribution in [2.75, 3.05) is 0 Å². The van der Waals surface area contributed by atoms with Gasteiger partial charge < -0.3 is 0 Å². The number of allylic oxidation sites excluding steroid dienone is 1. The second-order valence-electron chi connectivity index (χ2n) is 2.02. The van der Waals surface area contributed by atoms with Crippen LogP contribution in [0.3, 0.4) is 0 Å². The Morgan fingerprint density at radius 3 is 1.62 bits per heavy atom. The van der Waals surface area contributed by atoms with Crippen LogP contribution in [0.4, 0.5) is 0 Å². The highest BCUT2D eigenvalue weighted by atomic mass is 79.9. The van der Waals surface area contributed by atoms with Gasteiger partial charge in [-0.1, -0.05) is 49.1 Å². The maximum atomic E-state index is 3.63. The third-order valence-electron chi connectivity index (χ3n) is 1.04. The summed E-state index contributed by atoms with van der Waals surface area (Å²) in [6.45, 7) is 8.88. The third-order valence-corrected chi connectivity index (χ3v) is 1.04. The molecule has 0 N–H and O–H groups in total. The number of rotatable bonds is 1. The molecule has 1 rings (SSSR count). The average Bonchev–Trinajstić information content (AvgIpc) is 2.08. The minimum Gasteiger partial charge on any atom is -0.114 e. The van der Waals surface area contributed by atoms with E-state index in [0.717, 1.165) is 0 Å². The quantitative estimate of drug-likeness (QED) is 0.661. The molecular weight excluding hydrogens is 292 g/mol. The van der Waals surface area contributed by atoms with Crippen molar-refractivity contribution in [3.63, 3.8) is 0 Å². The van der Waals surface area contributed by atoms with Crippen molar-refractivity contribution in [3.8, 4) is 0 Å². The summed E-state index contributed by atoms with van der Waals surface area (Å²) in [5, 5.41) is 0. The van der Waals surface area contributed by atoms with Crippen molar-refractivity contribution in [1.29, 1.82) is 0 Å². The van der Waals surface area contributed by atoms with Crippen LogP contribution in [0, 0.1) is 0 Å². The Morgan fingerprint density at radius 2 is 1.38 bits per heavy atom. The van der Waals surface area contributed by atoms with Gasteiger partial charge in [0, 0.05) is 0 Å². The van der Waals surface area contributed by atoms with Crippen LogP contribution in [0.15, 0.2) is 49.6 Å². The molecule has 0 spiro atoms. The van der Waals surface area contributed by atoms with Gasteiger partial charge in [-0.2, -0.15) is 0 Å². The lowest BCUT2D eigenvalue weighted by atomic mass is 10.2. The van der Waals surface area contributed by atoms with Crippen molar-refractivity contribution in [3.05, 3.63) is 55.1 Å². The standard InChI is InChI=1S/C8H8.C3H6.2BrH/c1-2-8-6-4-3-5-7-8;1-3-2;;/h2-7H,1H2;3H,1H2,2H3;2*1H. The number of hydrogen-bond acceptors (Lipinski definition) is 0. The zero-order valence-corrected chi connectivity index (χ0v) is 11.2. The zero-order chi connectivity index (χ0) is 8.53. The largest absolute Gasteiger partial charge is 0.114 e. The first-order valence-corrected chi connectivity index (χ1v) is 3.59. The molecule has 0 aliphatic heterocycles. The first-order chi connectivity index (χ1) is 5.35. The Balaban J connectivity index is -0.000000180. The monoisotopic (exact) mass is 306 g/mol. The van der Waals surface area contributed by atoms with E-state index in [2.05, 4.69) is 13.2 Å². The van der Waals surface area contributed by atoms with Crippen molar-refractivity contribution < 1.29 is 0 Å². The van der Waals surface area contributed by atoms with Gasteiger partial charge >= 0.3 is 0 Å². The highest BCUT2D eigenvalue weighted by Gasteiger charge is 1.75. The van der Waals surface area contributed by atoms with E-state index in [9.17, 15) is 0 Å². The molecule has 0 atom stereocenters. The topological polar surface area (TPSA) is 0 Å². The molecule has 1 aromatic carbocycles. The summed E-state index contributed by atoms with van der Waals surface area (Å²) in [7, 11) is 0. The molecule has 0 nitrogen and oxygen atoms in total. The van der Waals surface area contributed by atoms with Crippen LogP contribution in [0.1, 0.15) is 12.5 Å². The second-order valence-corrected chi connectivity index (χ2v) is 2.02. The second kappa shape index (κ2) is 14.2. The molecule has 1 aromatic rings. The summed E-state index contributed by atoms with van der Waals surface area (Å²) in [6.07, 6.45) is 3.58. The van der Waals surface area contributed by atoms with Crippen LogP contribution < -0.4 is 0 Å². The Labute approximate surface area is 102 Å². The maximum Gasteiger partial charge on any atom is -0.0263 e. The van der Waals surface area contributed by atoms with E-state index in [1.54, 1.807) is 6.08 Å². The predicted octanol–water partition coefficient (Wildman–Crippen LogP) is 4.68. The van der Waals surface area contributed by atoms with Crippen molar-refractivity contribution in [1.82, 2.24) is 0 Å². The van der Waals surface area contributed by atoms with Crippen LogP contribution in [0.2, 0.25) is 0 Å². The van der Waals surface area contributed by atoms with E-state index in [-0.39, 0.29) is 34.0 Å². The molecule has 0 amide bonds. The molecule has 0 unspecified atom stereocenters. The van der Waals surface area contributed by atoms with E-state index in [1.165, 1.54) is 5.56 Å². The summed E-state index contributed by atoms with van der Waals surface area (Å²) in [5.74, 6) is 0. The van der Waals surface area contributed by atoms with Gasteiger partial charge in [-0.05, 0) is 12.5 Å². The number of benzene rings is 1. The van der Waals surface area contributed by atoms with Crippen LogP contribution in [-0.4, -0.2) is 0 Å². The first kappa shape index (κ1) is 18.4. The fraction of sp³-hybridized carbons (Fsp3) is 0.0909. The highest BCUT2D eigenvalue weighted by Crippen LogP contribution is 1.97. The van der Waals surface area contributed by atoms with E-state index < -0.39 is 0 Å². The molecule has 0 heterocycles. The zero-order valence-electron chi connectivity index (χ0n) is 7.77. The van der Waals surface area contributed by atoms with Crippen LogP contribution in [0.5, 0.6) is 0 Å². The molecule has 0 fully saturated rings. The van der Waals surface area contributed by atoms with Gasteiger partial charge in [-0.3, -0.25) is 0 Å². The normalized spacial score (nSPS) is 6.23. The molecule has 0 saturated heterocycles.